The van der Waals surface area contributed by atoms with Gasteiger partial charge in [0.25, 0.3) is 0 Å². The van der Waals surface area contributed by atoms with Crippen molar-refractivity contribution in [1.29, 1.82) is 0 Å². The van der Waals surface area contributed by atoms with Gasteiger partial charge in [0.2, 0.25) is 0 Å². The number of aromatic nitrogens is 1. The van der Waals surface area contributed by atoms with E-state index in [4.69, 9.17) is 0 Å². The Morgan fingerprint density at radius 3 is 2.86 bits per heavy atom. The molecule has 1 aromatic heterocycles. The molecule has 0 saturated heterocycles. The topological polar surface area (TPSA) is 33.1 Å². The summed E-state index contributed by atoms with van der Waals surface area (Å²) in [7, 11) is 0. The molecule has 0 amide bonds. The van der Waals surface area contributed by atoms with Crippen LogP contribution in [0, 0.1) is 12.3 Å². The van der Waals surface area contributed by atoms with Crippen molar-refractivity contribution in [3.8, 4) is 0 Å². The molecule has 78 valence electrons. The molecule has 14 heavy (non-hydrogen) atoms. The van der Waals surface area contributed by atoms with Gasteiger partial charge in [-0.1, -0.05) is 13.0 Å². The van der Waals surface area contributed by atoms with Gasteiger partial charge in [-0.3, -0.25) is 0 Å². The normalized spacial score (nSPS) is 15.1. The molecule has 3 heteroatoms. The van der Waals surface area contributed by atoms with Crippen LogP contribution in [0.4, 0.5) is 0 Å². The average Bonchev–Trinajstić information content (AvgIpc) is 2.61. The van der Waals surface area contributed by atoms with Gasteiger partial charge in [-0.2, -0.15) is 0 Å². The lowest BCUT2D eigenvalue weighted by atomic mass is 9.86. The summed E-state index contributed by atoms with van der Waals surface area (Å²) >= 11 is 1.68. The predicted molar refractivity (Wildman–Crippen MR) is 60.6 cm³/mol. The maximum absolute atomic E-state index is 9.20. The zero-order valence-corrected chi connectivity index (χ0v) is 9.60. The van der Waals surface area contributed by atoms with E-state index in [0.29, 0.717) is 0 Å². The first-order valence-corrected chi connectivity index (χ1v) is 5.63. The third-order valence-electron chi connectivity index (χ3n) is 2.62. The van der Waals surface area contributed by atoms with Gasteiger partial charge in [0, 0.05) is 10.3 Å². The molecule has 0 aliphatic heterocycles. The van der Waals surface area contributed by atoms with Crippen molar-refractivity contribution in [3.05, 3.63) is 28.7 Å². The summed E-state index contributed by atoms with van der Waals surface area (Å²) in [5.74, 6) is 0. The lowest BCUT2D eigenvalue weighted by Crippen LogP contribution is -2.18. The van der Waals surface area contributed by atoms with Crippen LogP contribution in [-0.4, -0.2) is 16.7 Å². The number of hydrogen-bond donors (Lipinski definition) is 1. The van der Waals surface area contributed by atoms with E-state index < -0.39 is 0 Å². The van der Waals surface area contributed by atoms with Crippen LogP contribution in [0.25, 0.3) is 0 Å². The van der Waals surface area contributed by atoms with Crippen LogP contribution < -0.4 is 0 Å². The van der Waals surface area contributed by atoms with E-state index in [-0.39, 0.29) is 12.0 Å². The van der Waals surface area contributed by atoms with Crippen LogP contribution in [0.1, 0.15) is 23.9 Å². The van der Waals surface area contributed by atoms with Gasteiger partial charge in [0.15, 0.2) is 0 Å². The molecule has 0 aliphatic rings. The highest BCUT2D eigenvalue weighted by atomic mass is 32.1. The number of aryl methyl sites for hydroxylation is 2. The summed E-state index contributed by atoms with van der Waals surface area (Å²) in [6.07, 6.45) is 3.74. The smallest absolute Gasteiger partial charge is 0.0797 e. The predicted octanol–water partition coefficient (Wildman–Crippen LogP) is 2.57. The largest absolute Gasteiger partial charge is 0.395 e. The van der Waals surface area contributed by atoms with Gasteiger partial charge >= 0.3 is 0 Å². The Morgan fingerprint density at radius 2 is 2.43 bits per heavy atom. The van der Waals surface area contributed by atoms with Crippen LogP contribution in [0.15, 0.2) is 18.2 Å². The van der Waals surface area contributed by atoms with E-state index in [1.165, 1.54) is 4.88 Å². The van der Waals surface area contributed by atoms with Gasteiger partial charge in [0.1, 0.15) is 0 Å². The van der Waals surface area contributed by atoms with E-state index in [1.807, 2.05) is 25.4 Å². The van der Waals surface area contributed by atoms with Crippen molar-refractivity contribution in [1.82, 2.24) is 4.98 Å². The molecular weight excluding hydrogens is 194 g/mol. The first-order chi connectivity index (χ1) is 6.61. The average molecular weight is 211 g/mol. The molecule has 0 aromatic carbocycles. The molecule has 1 atom stereocenters. The summed E-state index contributed by atoms with van der Waals surface area (Å²) in [5.41, 5.74) is 2.82. The van der Waals surface area contributed by atoms with Crippen LogP contribution in [0.2, 0.25) is 0 Å². The maximum atomic E-state index is 9.20. The Morgan fingerprint density at radius 1 is 1.71 bits per heavy atom. The summed E-state index contributed by atoms with van der Waals surface area (Å²) in [6.45, 7) is 7.96. The van der Waals surface area contributed by atoms with Crippen LogP contribution in [0.5, 0.6) is 0 Å². The highest BCUT2D eigenvalue weighted by molar-refractivity contribution is 7.09. The molecule has 1 aromatic rings. The molecule has 0 bridgehead atoms. The monoisotopic (exact) mass is 211 g/mol. The molecule has 2 nitrogen and oxygen atoms in total. The standard InChI is InChI=1S/C11H17NOS/c1-4-11(3,7-13)6-5-10-9(2)12-8-14-10/h4,8,13H,1,5-7H2,2-3H3. The quantitative estimate of drug-likeness (QED) is 0.759. The Balaban J connectivity index is 2.56. The third kappa shape index (κ3) is 2.66. The zero-order valence-electron chi connectivity index (χ0n) is 8.79. The summed E-state index contributed by atoms with van der Waals surface area (Å²) in [6, 6.07) is 0. The van der Waals surface area contributed by atoms with Crippen molar-refractivity contribution in [2.45, 2.75) is 26.7 Å². The van der Waals surface area contributed by atoms with E-state index in [1.54, 1.807) is 11.3 Å². The van der Waals surface area contributed by atoms with E-state index in [2.05, 4.69) is 11.6 Å². The fourth-order valence-corrected chi connectivity index (χ4v) is 1.99. The minimum atomic E-state index is -0.156. The second kappa shape index (κ2) is 4.71. The number of aliphatic hydroxyl groups is 1. The lowest BCUT2D eigenvalue weighted by Gasteiger charge is -2.22. The summed E-state index contributed by atoms with van der Waals surface area (Å²) in [4.78, 5) is 5.51. The molecule has 0 saturated carbocycles. The van der Waals surface area contributed by atoms with Crippen molar-refractivity contribution in [3.63, 3.8) is 0 Å². The van der Waals surface area contributed by atoms with Crippen molar-refractivity contribution < 1.29 is 5.11 Å². The minimum absolute atomic E-state index is 0.156. The summed E-state index contributed by atoms with van der Waals surface area (Å²) < 4.78 is 0. The lowest BCUT2D eigenvalue weighted by molar-refractivity contribution is 0.176. The van der Waals surface area contributed by atoms with E-state index in [0.717, 1.165) is 18.5 Å². The van der Waals surface area contributed by atoms with Gasteiger partial charge in [-0.25, -0.2) is 4.98 Å². The maximum Gasteiger partial charge on any atom is 0.0797 e. The highest BCUT2D eigenvalue weighted by Crippen LogP contribution is 2.26. The fraction of sp³-hybridized carbons (Fsp3) is 0.545. The van der Waals surface area contributed by atoms with Gasteiger partial charge in [0.05, 0.1) is 17.8 Å². The Bertz CT molecular complexity index is 308. The first-order valence-electron chi connectivity index (χ1n) is 4.75. The minimum Gasteiger partial charge on any atom is -0.395 e. The van der Waals surface area contributed by atoms with Crippen LogP contribution >= 0.6 is 11.3 Å². The molecule has 1 rings (SSSR count). The number of hydrogen-bond acceptors (Lipinski definition) is 3. The second-order valence-electron chi connectivity index (χ2n) is 3.88. The molecule has 1 heterocycles. The van der Waals surface area contributed by atoms with Crippen molar-refractivity contribution in [2.24, 2.45) is 5.41 Å². The zero-order chi connectivity index (χ0) is 10.6. The van der Waals surface area contributed by atoms with E-state index in [9.17, 15) is 5.11 Å². The summed E-state index contributed by atoms with van der Waals surface area (Å²) in [5, 5.41) is 9.20. The van der Waals surface area contributed by atoms with Gasteiger partial charge in [-0.15, -0.1) is 17.9 Å². The SMILES string of the molecule is C=CC(C)(CO)CCc1scnc1C. The number of aliphatic hydroxyl groups excluding tert-OH is 1. The van der Waals surface area contributed by atoms with Crippen LogP contribution in [0.3, 0.4) is 0 Å². The molecular formula is C11H17NOS. The van der Waals surface area contributed by atoms with E-state index >= 15 is 0 Å². The first kappa shape index (κ1) is 11.4. The Kier molecular flexibility index (Phi) is 3.84. The Labute approximate surface area is 89.3 Å². The molecule has 0 spiro atoms. The van der Waals surface area contributed by atoms with Crippen molar-refractivity contribution in [2.75, 3.05) is 6.61 Å². The van der Waals surface area contributed by atoms with Crippen molar-refractivity contribution >= 4 is 11.3 Å². The number of rotatable bonds is 5. The highest BCUT2D eigenvalue weighted by Gasteiger charge is 2.19. The molecule has 0 fully saturated rings. The molecule has 1 N–H and O–H groups in total. The fourth-order valence-electron chi connectivity index (χ4n) is 1.21. The van der Waals surface area contributed by atoms with Crippen LogP contribution in [-0.2, 0) is 6.42 Å². The number of nitrogens with zero attached hydrogens (tertiary/aromatic N) is 1. The molecule has 0 aliphatic carbocycles. The Hall–Kier alpha value is -0.670. The van der Waals surface area contributed by atoms with Gasteiger partial charge in [-0.05, 0) is 19.8 Å². The molecule has 0 radical (unpaired) electrons. The molecule has 1 unspecified atom stereocenters. The third-order valence-corrected chi connectivity index (χ3v) is 3.62. The van der Waals surface area contributed by atoms with Gasteiger partial charge < -0.3 is 5.11 Å². The number of thiazole rings is 1. The second-order valence-corrected chi connectivity index (χ2v) is 4.82.